The Kier molecular flexibility index (Phi) is 5.15. The first-order valence-corrected chi connectivity index (χ1v) is 7.33. The highest BCUT2D eigenvalue weighted by atomic mass is 16.6. The van der Waals surface area contributed by atoms with Crippen LogP contribution in [0.1, 0.15) is 39.0 Å². The summed E-state index contributed by atoms with van der Waals surface area (Å²) in [7, 11) is 0. The van der Waals surface area contributed by atoms with E-state index in [1.807, 2.05) is 6.92 Å². The predicted molar refractivity (Wildman–Crippen MR) is 80.1 cm³/mol. The van der Waals surface area contributed by atoms with Crippen LogP contribution in [-0.4, -0.2) is 23.0 Å². The Bertz CT molecular complexity index is 460. The van der Waals surface area contributed by atoms with Gasteiger partial charge < -0.3 is 10.6 Å². The van der Waals surface area contributed by atoms with Crippen molar-refractivity contribution in [3.05, 3.63) is 22.2 Å². The molecular weight excluding hydrogens is 256 g/mol. The Morgan fingerprint density at radius 3 is 2.45 bits per heavy atom. The van der Waals surface area contributed by atoms with Crippen LogP contribution in [0.2, 0.25) is 0 Å². The maximum atomic E-state index is 10.9. The number of nitro groups is 1. The SMILES string of the molecule is CCCNc1cc([N+](=O)[O-])cc(NCCC2CCC2)n1. The van der Waals surface area contributed by atoms with Crippen molar-refractivity contribution in [2.45, 2.75) is 39.0 Å². The van der Waals surface area contributed by atoms with Gasteiger partial charge >= 0.3 is 0 Å². The van der Waals surface area contributed by atoms with Crippen LogP contribution >= 0.6 is 0 Å². The Morgan fingerprint density at radius 1 is 1.30 bits per heavy atom. The van der Waals surface area contributed by atoms with Crippen LogP contribution < -0.4 is 10.6 Å². The Morgan fingerprint density at radius 2 is 1.95 bits per heavy atom. The van der Waals surface area contributed by atoms with Crippen LogP contribution in [0.4, 0.5) is 17.3 Å². The fraction of sp³-hybridized carbons (Fsp3) is 0.643. The monoisotopic (exact) mass is 278 g/mol. The van der Waals surface area contributed by atoms with E-state index in [2.05, 4.69) is 15.6 Å². The quantitative estimate of drug-likeness (QED) is 0.562. The molecule has 0 bridgehead atoms. The van der Waals surface area contributed by atoms with Gasteiger partial charge in [0.05, 0.1) is 17.1 Å². The molecule has 0 amide bonds. The summed E-state index contributed by atoms with van der Waals surface area (Å²) < 4.78 is 0. The molecule has 2 rings (SSSR count). The van der Waals surface area contributed by atoms with E-state index in [-0.39, 0.29) is 10.6 Å². The van der Waals surface area contributed by atoms with Gasteiger partial charge in [-0.1, -0.05) is 26.2 Å². The number of pyridine rings is 1. The number of hydrogen-bond acceptors (Lipinski definition) is 5. The lowest BCUT2D eigenvalue weighted by molar-refractivity contribution is -0.384. The van der Waals surface area contributed by atoms with E-state index in [1.165, 1.54) is 31.4 Å². The van der Waals surface area contributed by atoms with E-state index >= 15 is 0 Å². The molecule has 20 heavy (non-hydrogen) atoms. The molecule has 1 aliphatic rings. The average Bonchev–Trinajstić information content (AvgIpc) is 2.39. The Labute approximate surface area is 119 Å². The van der Waals surface area contributed by atoms with Crippen LogP contribution in [0.25, 0.3) is 0 Å². The van der Waals surface area contributed by atoms with Crippen molar-refractivity contribution in [1.82, 2.24) is 4.98 Å². The maximum Gasteiger partial charge on any atom is 0.276 e. The van der Waals surface area contributed by atoms with E-state index in [1.54, 1.807) is 0 Å². The zero-order chi connectivity index (χ0) is 14.4. The fourth-order valence-corrected chi connectivity index (χ4v) is 2.24. The van der Waals surface area contributed by atoms with E-state index in [0.717, 1.165) is 31.8 Å². The molecule has 1 saturated carbocycles. The van der Waals surface area contributed by atoms with Crippen molar-refractivity contribution < 1.29 is 4.92 Å². The summed E-state index contributed by atoms with van der Waals surface area (Å²) in [5, 5.41) is 17.2. The highest BCUT2D eigenvalue weighted by molar-refractivity contribution is 5.54. The van der Waals surface area contributed by atoms with Gasteiger partial charge in [0.15, 0.2) is 0 Å². The van der Waals surface area contributed by atoms with Gasteiger partial charge in [-0.2, -0.15) is 0 Å². The van der Waals surface area contributed by atoms with Crippen molar-refractivity contribution in [2.24, 2.45) is 5.92 Å². The molecule has 110 valence electrons. The Hall–Kier alpha value is -1.85. The van der Waals surface area contributed by atoms with E-state index in [4.69, 9.17) is 0 Å². The molecule has 0 spiro atoms. The van der Waals surface area contributed by atoms with Gasteiger partial charge in [0.25, 0.3) is 5.69 Å². The van der Waals surface area contributed by atoms with Crippen molar-refractivity contribution in [3.63, 3.8) is 0 Å². The number of nitrogens with zero attached hydrogens (tertiary/aromatic N) is 2. The number of anilines is 2. The molecule has 1 heterocycles. The maximum absolute atomic E-state index is 10.9. The molecular formula is C14H22N4O2. The molecule has 0 unspecified atom stereocenters. The largest absolute Gasteiger partial charge is 0.370 e. The van der Waals surface area contributed by atoms with Gasteiger partial charge in [-0.3, -0.25) is 10.1 Å². The van der Waals surface area contributed by atoms with E-state index in [0.29, 0.717) is 11.6 Å². The number of hydrogen-bond donors (Lipinski definition) is 2. The zero-order valence-corrected chi connectivity index (χ0v) is 11.9. The molecule has 1 aliphatic carbocycles. The highest BCUT2D eigenvalue weighted by Crippen LogP contribution is 2.29. The summed E-state index contributed by atoms with van der Waals surface area (Å²) in [4.78, 5) is 14.9. The average molecular weight is 278 g/mol. The first-order valence-electron chi connectivity index (χ1n) is 7.33. The van der Waals surface area contributed by atoms with Crippen LogP contribution in [0.3, 0.4) is 0 Å². The second-order valence-corrected chi connectivity index (χ2v) is 5.29. The third-order valence-corrected chi connectivity index (χ3v) is 3.66. The van der Waals surface area contributed by atoms with Crippen LogP contribution in [-0.2, 0) is 0 Å². The summed E-state index contributed by atoms with van der Waals surface area (Å²) in [6.45, 7) is 3.63. The highest BCUT2D eigenvalue weighted by Gasteiger charge is 2.17. The summed E-state index contributed by atoms with van der Waals surface area (Å²) in [5.74, 6) is 1.96. The van der Waals surface area contributed by atoms with E-state index < -0.39 is 0 Å². The number of aromatic nitrogens is 1. The minimum atomic E-state index is -0.379. The van der Waals surface area contributed by atoms with E-state index in [9.17, 15) is 10.1 Å². The molecule has 6 nitrogen and oxygen atoms in total. The lowest BCUT2D eigenvalue weighted by Crippen LogP contribution is -2.16. The molecule has 1 aromatic heterocycles. The third kappa shape index (κ3) is 4.08. The first-order chi connectivity index (χ1) is 9.69. The number of rotatable bonds is 8. The lowest BCUT2D eigenvalue weighted by atomic mass is 9.83. The number of nitrogens with one attached hydrogen (secondary N) is 2. The van der Waals surface area contributed by atoms with Gasteiger partial charge in [-0.15, -0.1) is 0 Å². The molecule has 6 heteroatoms. The van der Waals surface area contributed by atoms with Gasteiger partial charge in [0.1, 0.15) is 11.6 Å². The molecule has 0 atom stereocenters. The van der Waals surface area contributed by atoms with Crippen molar-refractivity contribution in [3.8, 4) is 0 Å². The van der Waals surface area contributed by atoms with Crippen LogP contribution in [0, 0.1) is 16.0 Å². The predicted octanol–water partition coefficient (Wildman–Crippen LogP) is 3.41. The third-order valence-electron chi connectivity index (χ3n) is 3.66. The van der Waals surface area contributed by atoms with Gasteiger partial charge in [-0.25, -0.2) is 4.98 Å². The lowest BCUT2D eigenvalue weighted by Gasteiger charge is -2.25. The van der Waals surface area contributed by atoms with Gasteiger partial charge in [0, 0.05) is 13.1 Å². The van der Waals surface area contributed by atoms with Crippen molar-refractivity contribution >= 4 is 17.3 Å². The minimum absolute atomic E-state index is 0.0738. The van der Waals surface area contributed by atoms with Crippen molar-refractivity contribution in [2.75, 3.05) is 23.7 Å². The Balaban J connectivity index is 1.97. The normalized spacial score (nSPS) is 14.7. The summed E-state index contributed by atoms with van der Waals surface area (Å²) in [6.07, 6.45) is 6.03. The molecule has 0 aliphatic heterocycles. The molecule has 0 saturated heterocycles. The molecule has 1 fully saturated rings. The van der Waals surface area contributed by atoms with Crippen molar-refractivity contribution in [1.29, 1.82) is 0 Å². The van der Waals surface area contributed by atoms with Gasteiger partial charge in [-0.05, 0) is 18.8 Å². The topological polar surface area (TPSA) is 80.1 Å². The van der Waals surface area contributed by atoms with Gasteiger partial charge in [0.2, 0.25) is 0 Å². The fourth-order valence-electron chi connectivity index (χ4n) is 2.24. The summed E-state index contributed by atoms with van der Waals surface area (Å²) >= 11 is 0. The first kappa shape index (κ1) is 14.6. The molecule has 0 radical (unpaired) electrons. The zero-order valence-electron chi connectivity index (χ0n) is 11.9. The second-order valence-electron chi connectivity index (χ2n) is 5.29. The minimum Gasteiger partial charge on any atom is -0.370 e. The summed E-state index contributed by atoms with van der Waals surface area (Å²) in [5.41, 5.74) is 0.0738. The molecule has 0 aromatic carbocycles. The molecule has 2 N–H and O–H groups in total. The second kappa shape index (κ2) is 7.07. The van der Waals surface area contributed by atoms with Crippen LogP contribution in [0.5, 0.6) is 0 Å². The smallest absolute Gasteiger partial charge is 0.276 e. The summed E-state index contributed by atoms with van der Waals surface area (Å²) in [6, 6.07) is 2.98. The standard InChI is InChI=1S/C14H22N4O2/c1-2-7-15-13-9-12(18(19)20)10-14(17-13)16-8-6-11-4-3-5-11/h9-11H,2-8H2,1H3,(H2,15,16,17). The molecule has 1 aromatic rings. The van der Waals surface area contributed by atoms with Crippen LogP contribution in [0.15, 0.2) is 12.1 Å².